The Morgan fingerprint density at radius 3 is 1.86 bits per heavy atom. The van der Waals surface area contributed by atoms with Crippen LogP contribution in [0.25, 0.3) is 0 Å². The van der Waals surface area contributed by atoms with Gasteiger partial charge in [0.15, 0.2) is 11.6 Å². The number of carbonyl (C=O) groups excluding carboxylic acids is 2. The summed E-state index contributed by atoms with van der Waals surface area (Å²) in [6, 6.07) is 17.0. The molecule has 29 heavy (non-hydrogen) atoms. The van der Waals surface area contributed by atoms with Gasteiger partial charge in [-0.1, -0.05) is 30.3 Å². The van der Waals surface area contributed by atoms with E-state index in [0.717, 1.165) is 0 Å². The van der Waals surface area contributed by atoms with Gasteiger partial charge in [0.1, 0.15) is 16.4 Å². The zero-order valence-corrected chi connectivity index (χ0v) is 16.6. The van der Waals surface area contributed by atoms with Crippen molar-refractivity contribution in [2.24, 2.45) is 0 Å². The quantitative estimate of drug-likeness (QED) is 0.476. The third-order valence-electron chi connectivity index (χ3n) is 4.28. The van der Waals surface area contributed by atoms with Crippen LogP contribution >= 0.6 is 0 Å². The zero-order chi connectivity index (χ0) is 21.2. The minimum atomic E-state index is -4.45. The van der Waals surface area contributed by atoms with Gasteiger partial charge in [0.2, 0.25) is 0 Å². The molecule has 0 saturated heterocycles. The molecule has 3 aromatic rings. The SMILES string of the molecule is CC(=O)c1ccc(C(=O)c2ccc(Oc3ccc(C)cc3S(=O)(=O)O)cc2)cc1. The van der Waals surface area contributed by atoms with Crippen molar-refractivity contribution in [2.75, 3.05) is 0 Å². The molecule has 0 aliphatic carbocycles. The van der Waals surface area contributed by atoms with Crippen LogP contribution < -0.4 is 4.74 Å². The van der Waals surface area contributed by atoms with Crippen molar-refractivity contribution >= 4 is 21.7 Å². The van der Waals surface area contributed by atoms with Crippen molar-refractivity contribution in [1.29, 1.82) is 0 Å². The number of hydrogen-bond donors (Lipinski definition) is 1. The Hall–Kier alpha value is -3.29. The van der Waals surface area contributed by atoms with E-state index in [0.29, 0.717) is 28.0 Å². The molecule has 0 aromatic heterocycles. The number of rotatable bonds is 6. The smallest absolute Gasteiger partial charge is 0.298 e. The highest BCUT2D eigenvalue weighted by Gasteiger charge is 2.18. The zero-order valence-electron chi connectivity index (χ0n) is 15.7. The summed E-state index contributed by atoms with van der Waals surface area (Å²) in [5.41, 5.74) is 2.03. The second-order valence-corrected chi connectivity index (χ2v) is 7.90. The highest BCUT2D eigenvalue weighted by Crippen LogP contribution is 2.30. The fraction of sp³-hybridized carbons (Fsp3) is 0.0909. The van der Waals surface area contributed by atoms with Gasteiger partial charge in [-0.05, 0) is 55.8 Å². The Morgan fingerprint density at radius 1 is 0.828 bits per heavy atom. The molecule has 0 saturated carbocycles. The monoisotopic (exact) mass is 410 g/mol. The molecule has 0 heterocycles. The van der Waals surface area contributed by atoms with Crippen LogP contribution in [0.15, 0.2) is 71.6 Å². The van der Waals surface area contributed by atoms with Gasteiger partial charge < -0.3 is 4.74 Å². The van der Waals surface area contributed by atoms with Crippen molar-refractivity contribution < 1.29 is 27.3 Å². The number of Topliss-reactive ketones (excluding diaryl/α,β-unsaturated/α-hetero) is 1. The first-order valence-corrected chi connectivity index (χ1v) is 10.1. The number of carbonyl (C=O) groups is 2. The molecule has 0 aliphatic rings. The standard InChI is InChI=1S/C22H18O6S/c1-14-3-12-20(21(13-14)29(25,26)27)28-19-10-8-18(9-11-19)22(24)17-6-4-16(5-7-17)15(2)23/h3-13H,1-2H3,(H,25,26,27). The summed E-state index contributed by atoms with van der Waals surface area (Å²) >= 11 is 0. The van der Waals surface area contributed by atoms with E-state index in [-0.39, 0.29) is 22.2 Å². The molecule has 0 fully saturated rings. The number of hydrogen-bond acceptors (Lipinski definition) is 5. The van der Waals surface area contributed by atoms with Crippen LogP contribution in [-0.2, 0) is 10.1 Å². The van der Waals surface area contributed by atoms with Crippen LogP contribution in [-0.4, -0.2) is 24.5 Å². The molecular formula is C22H18O6S. The van der Waals surface area contributed by atoms with Gasteiger partial charge in [-0.15, -0.1) is 0 Å². The van der Waals surface area contributed by atoms with Gasteiger partial charge in [0, 0.05) is 16.7 Å². The van der Waals surface area contributed by atoms with Gasteiger partial charge in [-0.3, -0.25) is 14.1 Å². The molecule has 0 amide bonds. The van der Waals surface area contributed by atoms with E-state index in [1.165, 1.54) is 31.2 Å². The summed E-state index contributed by atoms with van der Waals surface area (Å²) < 4.78 is 38.1. The van der Waals surface area contributed by atoms with Crippen LogP contribution in [0.3, 0.4) is 0 Å². The predicted molar refractivity (Wildman–Crippen MR) is 107 cm³/mol. The Bertz CT molecular complexity index is 1180. The number of benzene rings is 3. The summed E-state index contributed by atoms with van der Waals surface area (Å²) in [4.78, 5) is 23.6. The molecule has 1 N–H and O–H groups in total. The van der Waals surface area contributed by atoms with Crippen molar-refractivity contribution in [3.05, 3.63) is 89.0 Å². The third kappa shape index (κ3) is 4.77. The molecular weight excluding hydrogens is 392 g/mol. The molecule has 0 aliphatic heterocycles. The molecule has 148 valence electrons. The summed E-state index contributed by atoms with van der Waals surface area (Å²) in [6.07, 6.45) is 0. The van der Waals surface area contributed by atoms with E-state index < -0.39 is 10.1 Å². The lowest BCUT2D eigenvalue weighted by atomic mass is 10.0. The van der Waals surface area contributed by atoms with E-state index in [2.05, 4.69) is 0 Å². The van der Waals surface area contributed by atoms with Gasteiger partial charge in [0.05, 0.1) is 0 Å². The van der Waals surface area contributed by atoms with Gasteiger partial charge >= 0.3 is 0 Å². The topological polar surface area (TPSA) is 97.7 Å². The highest BCUT2D eigenvalue weighted by atomic mass is 32.2. The van der Waals surface area contributed by atoms with Crippen LogP contribution in [0.5, 0.6) is 11.5 Å². The molecule has 6 nitrogen and oxygen atoms in total. The van der Waals surface area contributed by atoms with Crippen LogP contribution in [0.4, 0.5) is 0 Å². The molecule has 3 aromatic carbocycles. The summed E-state index contributed by atoms with van der Waals surface area (Å²) in [5, 5.41) is 0. The predicted octanol–water partition coefficient (Wildman–Crippen LogP) is 4.47. The number of ketones is 2. The van der Waals surface area contributed by atoms with Gasteiger partial charge in [-0.2, -0.15) is 8.42 Å². The Morgan fingerprint density at radius 2 is 1.34 bits per heavy atom. The van der Waals surface area contributed by atoms with Crippen molar-refractivity contribution in [3.63, 3.8) is 0 Å². The first-order valence-electron chi connectivity index (χ1n) is 8.67. The van der Waals surface area contributed by atoms with Gasteiger partial charge in [-0.25, -0.2) is 0 Å². The van der Waals surface area contributed by atoms with Crippen LogP contribution in [0.1, 0.15) is 38.8 Å². The van der Waals surface area contributed by atoms with E-state index >= 15 is 0 Å². The molecule has 0 radical (unpaired) electrons. The minimum absolute atomic E-state index is 0.0167. The number of aryl methyl sites for hydroxylation is 1. The molecule has 0 atom stereocenters. The van der Waals surface area contributed by atoms with E-state index in [4.69, 9.17) is 4.74 Å². The van der Waals surface area contributed by atoms with E-state index in [1.54, 1.807) is 49.4 Å². The highest BCUT2D eigenvalue weighted by molar-refractivity contribution is 7.86. The summed E-state index contributed by atoms with van der Waals surface area (Å²) in [6.45, 7) is 3.15. The fourth-order valence-corrected chi connectivity index (χ4v) is 3.42. The van der Waals surface area contributed by atoms with E-state index in [9.17, 15) is 22.6 Å². The maximum absolute atomic E-state index is 12.6. The lowest BCUT2D eigenvalue weighted by Gasteiger charge is -2.11. The molecule has 0 bridgehead atoms. The second kappa shape index (κ2) is 7.98. The lowest BCUT2D eigenvalue weighted by molar-refractivity contribution is 0.101. The van der Waals surface area contributed by atoms with Crippen LogP contribution in [0, 0.1) is 6.92 Å². The third-order valence-corrected chi connectivity index (χ3v) is 5.15. The van der Waals surface area contributed by atoms with E-state index in [1.807, 2.05) is 0 Å². The fourth-order valence-electron chi connectivity index (χ4n) is 2.73. The van der Waals surface area contributed by atoms with Crippen LogP contribution in [0.2, 0.25) is 0 Å². The molecule has 7 heteroatoms. The lowest BCUT2D eigenvalue weighted by Crippen LogP contribution is -2.03. The largest absolute Gasteiger partial charge is 0.456 e. The minimum Gasteiger partial charge on any atom is -0.456 e. The molecule has 3 rings (SSSR count). The van der Waals surface area contributed by atoms with Crippen molar-refractivity contribution in [2.45, 2.75) is 18.7 Å². The first-order chi connectivity index (χ1) is 13.6. The van der Waals surface area contributed by atoms with Gasteiger partial charge in [0.25, 0.3) is 10.1 Å². The molecule has 0 spiro atoms. The average Bonchev–Trinajstić information content (AvgIpc) is 2.68. The molecule has 0 unspecified atom stereocenters. The second-order valence-electron chi connectivity index (χ2n) is 6.51. The van der Waals surface area contributed by atoms with Crippen molar-refractivity contribution in [1.82, 2.24) is 0 Å². The first kappa shape index (κ1) is 20.4. The summed E-state index contributed by atoms with van der Waals surface area (Å²) in [7, 11) is -4.45. The normalized spacial score (nSPS) is 11.1. The Balaban J connectivity index is 1.82. The Kier molecular flexibility index (Phi) is 5.63. The summed E-state index contributed by atoms with van der Waals surface area (Å²) in [5.74, 6) is -0.00860. The van der Waals surface area contributed by atoms with Crippen molar-refractivity contribution in [3.8, 4) is 11.5 Å². The maximum Gasteiger partial charge on any atom is 0.298 e. The Labute approximate surface area is 168 Å². The maximum atomic E-state index is 12.6. The number of ether oxygens (including phenoxy) is 1. The average molecular weight is 410 g/mol.